The van der Waals surface area contributed by atoms with Crippen molar-refractivity contribution in [2.45, 2.75) is 37.0 Å². The van der Waals surface area contributed by atoms with Crippen molar-refractivity contribution in [2.75, 3.05) is 12.4 Å². The summed E-state index contributed by atoms with van der Waals surface area (Å²) in [4.78, 5) is 54.4. The Bertz CT molecular complexity index is 1500. The molecule has 1 aliphatic rings. The smallest absolute Gasteiger partial charge is 0.387 e. The first-order valence-corrected chi connectivity index (χ1v) is 14.4. The number of alkyl halides is 1. The molecule has 23 heteroatoms. The van der Waals surface area contributed by atoms with Gasteiger partial charge in [-0.2, -0.15) is 13.6 Å². The molecule has 18 nitrogen and oxygen atoms in total. The second kappa shape index (κ2) is 10.5. The van der Waals surface area contributed by atoms with E-state index in [2.05, 4.69) is 29.0 Å². The van der Waals surface area contributed by atoms with E-state index in [-0.39, 0.29) is 0 Å². The molecule has 3 unspecified atom stereocenters. The van der Waals surface area contributed by atoms with Gasteiger partial charge in [-0.15, -0.1) is 0 Å². The molecule has 0 spiro atoms. The number of nitrogen functional groups attached to an aromatic ring is 1. The molecule has 0 radical (unpaired) electrons. The second-order valence-corrected chi connectivity index (χ2v) is 12.1. The van der Waals surface area contributed by atoms with Crippen molar-refractivity contribution in [1.82, 2.24) is 14.5 Å². The average molecular weight is 609 g/mol. The van der Waals surface area contributed by atoms with E-state index in [0.29, 0.717) is 6.20 Å². The number of halogens is 2. The molecule has 0 aliphatic carbocycles. The maximum atomic E-state index is 14.6. The number of anilines is 1. The predicted molar refractivity (Wildman–Crippen MR) is 120 cm³/mol. The number of H-pyrrole nitrogens is 1. The third-order valence-corrected chi connectivity index (χ3v) is 8.88. The Morgan fingerprint density at radius 1 is 1.29 bits per heavy atom. The van der Waals surface area contributed by atoms with Crippen LogP contribution in [0.15, 0.2) is 11.0 Å². The lowest BCUT2D eigenvalue weighted by molar-refractivity contribution is -0.0732. The summed E-state index contributed by atoms with van der Waals surface area (Å²) in [6, 6.07) is 0. The van der Waals surface area contributed by atoms with Gasteiger partial charge in [0.15, 0.2) is 23.2 Å². The molecule has 3 rings (SSSR count). The number of rotatable bonds is 8. The van der Waals surface area contributed by atoms with Crippen molar-refractivity contribution in [3.8, 4) is 11.8 Å². The van der Waals surface area contributed by atoms with Crippen molar-refractivity contribution in [3.63, 3.8) is 0 Å². The molecule has 1 aliphatic heterocycles. The minimum absolute atomic E-state index is 0.431. The molecular weight excluding hydrogens is 589 g/mol. The van der Waals surface area contributed by atoms with Crippen LogP contribution in [0.5, 0.6) is 0 Å². The molecule has 0 amide bonds. The number of ether oxygens (including phenoxy) is 1. The largest absolute Gasteiger partial charge is 0.490 e. The van der Waals surface area contributed by atoms with E-state index in [1.165, 1.54) is 0 Å². The Labute approximate surface area is 209 Å². The van der Waals surface area contributed by atoms with Crippen LogP contribution < -0.4 is 17.0 Å². The van der Waals surface area contributed by atoms with Crippen LogP contribution in [0, 0.1) is 17.7 Å². The standard InChI is InChI=1S/C15H20F2N5O13P3/c1-6(33-37(28,29)35-38(30,31)34-36(25,26)27)9-10(23)15(19,3-2-4-16)13(32-9)22-5-7(17)8-11(22)20-14(18)21-12(8)24/h5-6,9-10,13,23H,4,19H2,1H3,(H,28,29)(H,30,31)(H2,25,26,27)(H3,18,20,21,24)/t6-,9-,10+,13-,15?/m1/s1. The summed E-state index contributed by atoms with van der Waals surface area (Å²) in [5.41, 5.74) is 7.97. The molecular formula is C15H20F2N5O13P3. The molecule has 1 fully saturated rings. The SMILES string of the molecule is C[C@@H](OP(=O)(O)OP(=O)(O)OP(=O)(O)O)[C@H]1O[C@@H](n2cc(F)c3c(=O)[nH]c(N)nc32)C(N)(C#CCF)[C@H]1O. The number of fused-ring (bicyclic) bond motifs is 1. The van der Waals surface area contributed by atoms with Gasteiger partial charge >= 0.3 is 23.5 Å². The van der Waals surface area contributed by atoms with Crippen LogP contribution in [0.1, 0.15) is 13.2 Å². The third-order valence-electron chi connectivity index (χ3n) is 4.95. The van der Waals surface area contributed by atoms with Crippen molar-refractivity contribution in [1.29, 1.82) is 0 Å². The van der Waals surface area contributed by atoms with Crippen molar-refractivity contribution >= 4 is 40.4 Å². The van der Waals surface area contributed by atoms with E-state index in [4.69, 9.17) is 26.0 Å². The summed E-state index contributed by atoms with van der Waals surface area (Å²) in [6.45, 7) is -0.293. The predicted octanol–water partition coefficient (Wildman–Crippen LogP) is -0.894. The Hall–Kier alpha value is -2.07. The van der Waals surface area contributed by atoms with Gasteiger partial charge in [-0.1, -0.05) is 11.8 Å². The average Bonchev–Trinajstić information content (AvgIpc) is 3.17. The normalized spacial score (nSPS) is 27.9. The van der Waals surface area contributed by atoms with E-state index in [1.807, 2.05) is 5.92 Å². The van der Waals surface area contributed by atoms with Gasteiger partial charge in [0, 0.05) is 6.20 Å². The van der Waals surface area contributed by atoms with Gasteiger partial charge in [0.05, 0.1) is 6.10 Å². The number of aromatic nitrogens is 3. The van der Waals surface area contributed by atoms with Crippen LogP contribution in [0.25, 0.3) is 11.0 Å². The molecule has 212 valence electrons. The number of hydrogen-bond acceptors (Lipinski definition) is 12. The fourth-order valence-electron chi connectivity index (χ4n) is 3.62. The van der Waals surface area contributed by atoms with Crippen LogP contribution >= 0.6 is 23.5 Å². The zero-order valence-electron chi connectivity index (χ0n) is 18.7. The maximum Gasteiger partial charge on any atom is 0.490 e. The summed E-state index contributed by atoms with van der Waals surface area (Å²) >= 11 is 0. The Balaban J connectivity index is 1.99. The zero-order valence-corrected chi connectivity index (χ0v) is 21.4. The van der Waals surface area contributed by atoms with E-state index in [9.17, 15) is 42.2 Å². The van der Waals surface area contributed by atoms with Gasteiger partial charge < -0.3 is 40.9 Å². The van der Waals surface area contributed by atoms with Gasteiger partial charge in [0.1, 0.15) is 24.3 Å². The molecule has 0 saturated carbocycles. The number of nitrogens with zero attached hydrogens (tertiary/aromatic N) is 2. The summed E-state index contributed by atoms with van der Waals surface area (Å²) in [5, 5.41) is 10.3. The maximum absolute atomic E-state index is 14.6. The van der Waals surface area contributed by atoms with Crippen molar-refractivity contribution in [3.05, 3.63) is 22.4 Å². The first-order valence-electron chi connectivity index (χ1n) is 9.86. The number of nitrogens with one attached hydrogen (secondary N) is 1. The number of nitrogens with two attached hydrogens (primary N) is 2. The van der Waals surface area contributed by atoms with Crippen LogP contribution in [0.3, 0.4) is 0 Å². The van der Waals surface area contributed by atoms with E-state index >= 15 is 0 Å². The lowest BCUT2D eigenvalue weighted by Gasteiger charge is -2.28. The third kappa shape index (κ3) is 6.38. The summed E-state index contributed by atoms with van der Waals surface area (Å²) in [5.74, 6) is 2.59. The van der Waals surface area contributed by atoms with E-state index in [1.54, 1.807) is 0 Å². The lowest BCUT2D eigenvalue weighted by Crippen LogP contribution is -2.54. The molecule has 1 saturated heterocycles. The summed E-state index contributed by atoms with van der Waals surface area (Å²) < 4.78 is 80.3. The highest BCUT2D eigenvalue weighted by atomic mass is 31.3. The number of aliphatic hydroxyl groups is 1. The second-order valence-electron chi connectivity index (χ2n) is 7.70. The molecule has 0 aromatic carbocycles. The van der Waals surface area contributed by atoms with Crippen molar-refractivity contribution in [2.24, 2.45) is 5.73 Å². The fourth-order valence-corrected chi connectivity index (χ4v) is 6.82. The van der Waals surface area contributed by atoms with E-state index < -0.39 is 88.6 Å². The van der Waals surface area contributed by atoms with E-state index in [0.717, 1.165) is 11.5 Å². The van der Waals surface area contributed by atoms with Crippen LogP contribution in [-0.4, -0.2) is 69.7 Å². The van der Waals surface area contributed by atoms with Crippen LogP contribution in [0.2, 0.25) is 0 Å². The minimum atomic E-state index is -5.86. The highest BCUT2D eigenvalue weighted by Gasteiger charge is 2.57. The zero-order chi connectivity index (χ0) is 28.8. The minimum Gasteiger partial charge on any atom is -0.387 e. The molecule has 38 heavy (non-hydrogen) atoms. The molecule has 10 N–H and O–H groups in total. The summed E-state index contributed by atoms with van der Waals surface area (Å²) in [7, 11) is -17.2. The number of phosphoric ester groups is 1. The molecule has 2 aromatic heterocycles. The molecule has 0 bridgehead atoms. The highest BCUT2D eigenvalue weighted by molar-refractivity contribution is 7.66. The topological polar surface area (TPSA) is 292 Å². The number of hydrogen-bond donors (Lipinski definition) is 8. The Kier molecular flexibility index (Phi) is 8.41. The molecule has 2 aromatic rings. The van der Waals surface area contributed by atoms with Crippen LogP contribution in [-0.2, 0) is 31.6 Å². The monoisotopic (exact) mass is 609 g/mol. The van der Waals surface area contributed by atoms with Gasteiger partial charge in [0.2, 0.25) is 5.95 Å². The Morgan fingerprint density at radius 2 is 1.92 bits per heavy atom. The quantitative estimate of drug-likeness (QED) is 0.133. The van der Waals surface area contributed by atoms with Gasteiger partial charge in [-0.3, -0.25) is 18.9 Å². The lowest BCUT2D eigenvalue weighted by atomic mass is 9.90. The number of aromatic amines is 1. The number of phosphoric acid groups is 3. The Morgan fingerprint density at radius 3 is 2.50 bits per heavy atom. The summed E-state index contributed by atoms with van der Waals surface area (Å²) in [6.07, 6.45) is -6.69. The van der Waals surface area contributed by atoms with Gasteiger partial charge in [-0.05, 0) is 6.92 Å². The van der Waals surface area contributed by atoms with Crippen LogP contribution in [0.4, 0.5) is 14.7 Å². The van der Waals surface area contributed by atoms with Gasteiger partial charge in [0.25, 0.3) is 5.56 Å². The van der Waals surface area contributed by atoms with Crippen molar-refractivity contribution < 1.29 is 65.0 Å². The van der Waals surface area contributed by atoms with Gasteiger partial charge in [-0.25, -0.2) is 22.5 Å². The fraction of sp³-hybridized carbons (Fsp3) is 0.467. The number of aliphatic hydroxyl groups excluding tert-OH is 1. The molecule has 7 atom stereocenters. The molecule has 3 heterocycles. The first-order chi connectivity index (χ1) is 17.3. The first kappa shape index (κ1) is 30.5. The highest BCUT2D eigenvalue weighted by Crippen LogP contribution is 2.66.